The predicted molar refractivity (Wildman–Crippen MR) is 70.2 cm³/mol. The average Bonchev–Trinajstić information content (AvgIpc) is 2.39. The van der Waals surface area contributed by atoms with E-state index in [0.29, 0.717) is 5.56 Å². The first-order valence-corrected chi connectivity index (χ1v) is 5.95. The Bertz CT molecular complexity index is 528. The molecule has 0 saturated carbocycles. The van der Waals surface area contributed by atoms with Crippen molar-refractivity contribution < 1.29 is 29.6 Å². The molecule has 1 rings (SSSR count). The highest BCUT2D eigenvalue weighted by Gasteiger charge is 2.29. The summed E-state index contributed by atoms with van der Waals surface area (Å²) in [6.07, 6.45) is -3.49. The van der Waals surface area contributed by atoms with Crippen LogP contribution in [0.25, 0.3) is 0 Å². The summed E-state index contributed by atoms with van der Waals surface area (Å²) < 4.78 is 4.59. The third kappa shape index (κ3) is 3.25. The molecular weight excluding hydrogens is 266 g/mol. The second-order valence-corrected chi connectivity index (χ2v) is 4.26. The summed E-state index contributed by atoms with van der Waals surface area (Å²) in [7, 11) is 0. The maximum atomic E-state index is 11.4. The Morgan fingerprint density at radius 2 is 1.95 bits per heavy atom. The summed E-state index contributed by atoms with van der Waals surface area (Å²) >= 11 is 0. The van der Waals surface area contributed by atoms with Crippen LogP contribution in [0.1, 0.15) is 34.5 Å². The highest BCUT2D eigenvalue weighted by Crippen LogP contribution is 2.28. The average molecular weight is 283 g/mol. The number of hydrogen-bond donors (Lipinski definition) is 4. The van der Waals surface area contributed by atoms with Gasteiger partial charge in [-0.05, 0) is 25.5 Å². The molecule has 5 N–H and O–H groups in total. The molecular formula is C13H17NO6. The van der Waals surface area contributed by atoms with Crippen molar-refractivity contribution in [3.8, 4) is 0 Å². The summed E-state index contributed by atoms with van der Waals surface area (Å²) in [6.45, 7) is 3.21. The van der Waals surface area contributed by atoms with Crippen molar-refractivity contribution in [1.29, 1.82) is 0 Å². The van der Waals surface area contributed by atoms with Gasteiger partial charge in [0.05, 0.1) is 17.9 Å². The lowest BCUT2D eigenvalue weighted by Gasteiger charge is -2.19. The van der Waals surface area contributed by atoms with Crippen LogP contribution in [0.2, 0.25) is 0 Å². The molecule has 2 unspecified atom stereocenters. The number of ether oxygens (including phenoxy) is 1. The monoisotopic (exact) mass is 283 g/mol. The van der Waals surface area contributed by atoms with Gasteiger partial charge in [-0.15, -0.1) is 0 Å². The van der Waals surface area contributed by atoms with Crippen LogP contribution in [0, 0.1) is 6.92 Å². The minimum atomic E-state index is -1.83. The second kappa shape index (κ2) is 6.36. The molecule has 0 fully saturated rings. The van der Waals surface area contributed by atoms with Crippen LogP contribution in [0.4, 0.5) is 5.69 Å². The number of anilines is 1. The lowest BCUT2D eigenvalue weighted by molar-refractivity contribution is -0.159. The van der Waals surface area contributed by atoms with Gasteiger partial charge in [0.1, 0.15) is 6.10 Å². The van der Waals surface area contributed by atoms with Gasteiger partial charge in [0, 0.05) is 5.56 Å². The summed E-state index contributed by atoms with van der Waals surface area (Å²) in [5, 5.41) is 28.7. The Labute approximate surface area is 115 Å². The highest BCUT2D eigenvalue weighted by molar-refractivity contribution is 5.95. The number of carboxylic acids is 1. The summed E-state index contributed by atoms with van der Waals surface area (Å²) in [4.78, 5) is 22.4. The molecule has 7 nitrogen and oxygen atoms in total. The standard InChI is InChI=1S/C13H17NO6/c1-3-20-13(19)11(16)10(15)7-4-6(2)5-8(9(7)14)12(17)18/h4-5,10-11,15-16H,3,14H2,1-2H3,(H,17,18). The van der Waals surface area contributed by atoms with Crippen molar-refractivity contribution in [2.75, 3.05) is 12.3 Å². The zero-order valence-corrected chi connectivity index (χ0v) is 11.2. The highest BCUT2D eigenvalue weighted by atomic mass is 16.5. The number of carboxylic acid groups (broad SMARTS) is 1. The van der Waals surface area contributed by atoms with E-state index in [-0.39, 0.29) is 23.4 Å². The minimum absolute atomic E-state index is 0.0250. The van der Waals surface area contributed by atoms with E-state index in [9.17, 15) is 19.8 Å². The smallest absolute Gasteiger partial charge is 0.338 e. The molecule has 1 aromatic carbocycles. The molecule has 1 aromatic rings. The van der Waals surface area contributed by atoms with E-state index in [4.69, 9.17) is 10.8 Å². The number of nitrogen functional groups attached to an aromatic ring is 1. The molecule has 0 aromatic heterocycles. The Hall–Kier alpha value is -2.12. The van der Waals surface area contributed by atoms with Crippen molar-refractivity contribution in [3.05, 3.63) is 28.8 Å². The SMILES string of the molecule is CCOC(=O)C(O)C(O)c1cc(C)cc(C(=O)O)c1N. The Morgan fingerprint density at radius 3 is 2.45 bits per heavy atom. The van der Waals surface area contributed by atoms with Crippen LogP contribution in [0.15, 0.2) is 12.1 Å². The van der Waals surface area contributed by atoms with Gasteiger partial charge < -0.3 is 25.8 Å². The normalized spacial score (nSPS) is 13.6. The Balaban J connectivity index is 3.19. The lowest BCUT2D eigenvalue weighted by atomic mass is 9.96. The first-order chi connectivity index (χ1) is 9.29. The number of aliphatic hydroxyl groups excluding tert-OH is 2. The number of carbonyl (C=O) groups excluding carboxylic acids is 1. The maximum Gasteiger partial charge on any atom is 0.338 e. The zero-order valence-electron chi connectivity index (χ0n) is 11.2. The summed E-state index contributed by atoms with van der Waals surface area (Å²) in [6, 6.07) is 2.75. The van der Waals surface area contributed by atoms with Gasteiger partial charge in [-0.1, -0.05) is 6.07 Å². The van der Waals surface area contributed by atoms with Crippen LogP contribution in [0.5, 0.6) is 0 Å². The van der Waals surface area contributed by atoms with Gasteiger partial charge in [-0.25, -0.2) is 9.59 Å². The fourth-order valence-electron chi connectivity index (χ4n) is 1.77. The number of aromatic carboxylic acids is 1. The van der Waals surface area contributed by atoms with Crippen LogP contribution in [0.3, 0.4) is 0 Å². The van der Waals surface area contributed by atoms with Gasteiger partial charge in [-0.2, -0.15) is 0 Å². The molecule has 0 radical (unpaired) electrons. The molecule has 110 valence electrons. The van der Waals surface area contributed by atoms with Crippen LogP contribution in [-0.4, -0.2) is 40.0 Å². The molecule has 0 bridgehead atoms. The minimum Gasteiger partial charge on any atom is -0.478 e. The van der Waals surface area contributed by atoms with E-state index in [0.717, 1.165) is 0 Å². The number of esters is 1. The molecule has 20 heavy (non-hydrogen) atoms. The topological polar surface area (TPSA) is 130 Å². The number of hydrogen-bond acceptors (Lipinski definition) is 6. The van der Waals surface area contributed by atoms with Crippen molar-refractivity contribution in [2.45, 2.75) is 26.1 Å². The molecule has 0 heterocycles. The molecule has 0 amide bonds. The Morgan fingerprint density at radius 1 is 1.35 bits per heavy atom. The first kappa shape index (κ1) is 15.9. The number of benzene rings is 1. The molecule has 7 heteroatoms. The van der Waals surface area contributed by atoms with Gasteiger partial charge >= 0.3 is 11.9 Å². The van der Waals surface area contributed by atoms with Gasteiger partial charge in [0.15, 0.2) is 6.10 Å². The van der Waals surface area contributed by atoms with Crippen LogP contribution >= 0.6 is 0 Å². The van der Waals surface area contributed by atoms with Gasteiger partial charge in [0.2, 0.25) is 0 Å². The summed E-state index contributed by atoms with van der Waals surface area (Å²) in [5.74, 6) is -2.26. The lowest BCUT2D eigenvalue weighted by Crippen LogP contribution is -2.30. The summed E-state index contributed by atoms with van der Waals surface area (Å²) in [5.41, 5.74) is 5.77. The molecule has 0 aliphatic rings. The van der Waals surface area contributed by atoms with E-state index >= 15 is 0 Å². The van der Waals surface area contributed by atoms with Gasteiger partial charge in [-0.3, -0.25) is 0 Å². The van der Waals surface area contributed by atoms with Crippen molar-refractivity contribution in [2.24, 2.45) is 0 Å². The van der Waals surface area contributed by atoms with E-state index in [1.165, 1.54) is 12.1 Å². The number of aliphatic hydroxyl groups is 2. The largest absolute Gasteiger partial charge is 0.478 e. The Kier molecular flexibility index (Phi) is 5.06. The first-order valence-electron chi connectivity index (χ1n) is 5.95. The molecule has 0 aliphatic carbocycles. The number of aryl methyl sites for hydroxylation is 1. The predicted octanol–water partition coefficient (Wildman–Crippen LogP) is 0.233. The second-order valence-electron chi connectivity index (χ2n) is 4.26. The molecule has 0 aliphatic heterocycles. The maximum absolute atomic E-state index is 11.4. The van der Waals surface area contributed by atoms with Crippen molar-refractivity contribution in [3.63, 3.8) is 0 Å². The van der Waals surface area contributed by atoms with E-state index in [1.807, 2.05) is 0 Å². The third-order valence-electron chi connectivity index (χ3n) is 2.73. The fourth-order valence-corrected chi connectivity index (χ4v) is 1.77. The quantitative estimate of drug-likeness (QED) is 0.449. The van der Waals surface area contributed by atoms with E-state index in [1.54, 1.807) is 13.8 Å². The van der Waals surface area contributed by atoms with Crippen molar-refractivity contribution in [1.82, 2.24) is 0 Å². The van der Waals surface area contributed by atoms with Crippen LogP contribution < -0.4 is 5.73 Å². The number of rotatable bonds is 5. The number of nitrogens with two attached hydrogens (primary N) is 1. The molecule has 0 saturated heterocycles. The molecule has 2 atom stereocenters. The fraction of sp³-hybridized carbons (Fsp3) is 0.385. The van der Waals surface area contributed by atoms with Crippen LogP contribution in [-0.2, 0) is 9.53 Å². The number of carbonyl (C=O) groups is 2. The zero-order chi connectivity index (χ0) is 15.4. The van der Waals surface area contributed by atoms with E-state index < -0.39 is 24.1 Å². The third-order valence-corrected chi connectivity index (χ3v) is 2.73. The van der Waals surface area contributed by atoms with Gasteiger partial charge in [0.25, 0.3) is 0 Å². The van der Waals surface area contributed by atoms with E-state index in [2.05, 4.69) is 4.74 Å². The van der Waals surface area contributed by atoms with Crippen molar-refractivity contribution >= 4 is 17.6 Å². The molecule has 0 spiro atoms.